The molecule has 0 fully saturated rings. The Morgan fingerprint density at radius 3 is 2.13 bits per heavy atom. The number of nitrogens with one attached hydrogen (secondary N) is 1. The molecule has 1 heterocycles. The molecule has 0 aliphatic heterocycles. The zero-order valence-corrected chi connectivity index (χ0v) is 21.8. The molecule has 0 aliphatic carbocycles. The lowest BCUT2D eigenvalue weighted by Gasteiger charge is -2.41. The van der Waals surface area contributed by atoms with Crippen LogP contribution in [0.3, 0.4) is 0 Å². The van der Waals surface area contributed by atoms with Crippen molar-refractivity contribution < 1.29 is 14.0 Å². The molecule has 0 aromatic carbocycles. The second-order valence-electron chi connectivity index (χ2n) is 9.53. The van der Waals surface area contributed by atoms with E-state index in [1.165, 1.54) is 0 Å². The smallest absolute Gasteiger partial charge is 0.413 e. The van der Waals surface area contributed by atoms with Crippen LogP contribution in [0.1, 0.15) is 73.4 Å². The van der Waals surface area contributed by atoms with Crippen molar-refractivity contribution in [3.05, 3.63) is 22.3 Å². The fraction of sp³-hybridized carbons (Fsp3) is 0.652. The lowest BCUT2D eigenvalue weighted by molar-refractivity contribution is 0.0635. The normalized spacial score (nSPS) is 12.2. The average molecular weight is 453 g/mol. The van der Waals surface area contributed by atoms with Gasteiger partial charge in [0.25, 0.3) is 0 Å². The molecule has 0 saturated carbocycles. The van der Waals surface area contributed by atoms with Gasteiger partial charge in [-0.15, -0.1) is 0 Å². The van der Waals surface area contributed by atoms with Gasteiger partial charge in [-0.25, -0.2) is 9.78 Å². The standard InChI is InChI=1S/C23H37ClN2O3Si/c1-15(2)30(16(3)4,17(5)6)28-13-11-12-19-18(7)14-20(25-21(19)24)26-22(27)29-23(8,9)10/h14-17H,13H2,1-10H3,(H,25,26,27). The van der Waals surface area contributed by atoms with Crippen LogP contribution in [-0.2, 0) is 9.16 Å². The molecule has 0 saturated heterocycles. The summed E-state index contributed by atoms with van der Waals surface area (Å²) in [6.45, 7) is 21.2. The van der Waals surface area contributed by atoms with E-state index in [1.807, 2.05) is 6.92 Å². The van der Waals surface area contributed by atoms with Crippen molar-refractivity contribution in [1.82, 2.24) is 4.98 Å². The number of carbonyl (C=O) groups is 1. The number of hydrogen-bond donors (Lipinski definition) is 1. The van der Waals surface area contributed by atoms with Crippen LogP contribution >= 0.6 is 11.6 Å². The number of rotatable bonds is 6. The minimum Gasteiger partial charge on any atom is -0.444 e. The number of anilines is 1. The van der Waals surface area contributed by atoms with Crippen LogP contribution in [0.4, 0.5) is 10.6 Å². The first-order chi connectivity index (χ1) is 13.7. The molecule has 30 heavy (non-hydrogen) atoms. The van der Waals surface area contributed by atoms with Crippen LogP contribution in [0, 0.1) is 18.8 Å². The van der Waals surface area contributed by atoms with Crippen LogP contribution in [0.2, 0.25) is 21.8 Å². The molecule has 168 valence electrons. The maximum atomic E-state index is 11.9. The van der Waals surface area contributed by atoms with Gasteiger partial charge in [0, 0.05) is 0 Å². The van der Waals surface area contributed by atoms with Gasteiger partial charge in [0.1, 0.15) is 16.6 Å². The van der Waals surface area contributed by atoms with Crippen LogP contribution in [0.5, 0.6) is 0 Å². The third kappa shape index (κ3) is 7.00. The summed E-state index contributed by atoms with van der Waals surface area (Å²) in [5.41, 5.74) is 2.39. The molecule has 0 bridgehead atoms. The number of halogens is 1. The maximum Gasteiger partial charge on any atom is 0.413 e. The highest BCUT2D eigenvalue weighted by Gasteiger charge is 2.44. The van der Waals surface area contributed by atoms with Gasteiger partial charge in [-0.2, -0.15) is 0 Å². The summed E-state index contributed by atoms with van der Waals surface area (Å²) < 4.78 is 11.7. The van der Waals surface area contributed by atoms with E-state index in [4.69, 9.17) is 20.8 Å². The molecular formula is C23H37ClN2O3Si. The summed E-state index contributed by atoms with van der Waals surface area (Å²) in [6, 6.07) is 1.73. The predicted octanol–water partition coefficient (Wildman–Crippen LogP) is 6.93. The summed E-state index contributed by atoms with van der Waals surface area (Å²) in [7, 11) is -1.95. The Bertz CT molecular complexity index is 760. The van der Waals surface area contributed by atoms with E-state index in [0.717, 1.165) is 5.56 Å². The molecule has 0 unspecified atom stereocenters. The summed E-state index contributed by atoms with van der Waals surface area (Å²) >= 11 is 6.33. The minimum absolute atomic E-state index is 0.244. The van der Waals surface area contributed by atoms with Gasteiger partial charge in [-0.3, -0.25) is 5.32 Å². The van der Waals surface area contributed by atoms with Gasteiger partial charge >= 0.3 is 6.09 Å². The molecule has 7 heteroatoms. The molecule has 1 aromatic heterocycles. The van der Waals surface area contributed by atoms with Crippen LogP contribution in [0.15, 0.2) is 6.07 Å². The van der Waals surface area contributed by atoms with Crippen LogP contribution < -0.4 is 5.32 Å². The SMILES string of the molecule is Cc1cc(NC(=O)OC(C)(C)C)nc(Cl)c1C#CCO[Si](C(C)C)(C(C)C)C(C)C. The minimum atomic E-state index is -1.95. The largest absolute Gasteiger partial charge is 0.444 e. The topological polar surface area (TPSA) is 60.5 Å². The third-order valence-corrected chi connectivity index (χ3v) is 11.4. The van der Waals surface area contributed by atoms with E-state index in [-0.39, 0.29) is 5.15 Å². The molecule has 0 atom stereocenters. The Labute approximate surface area is 188 Å². The first-order valence-electron chi connectivity index (χ1n) is 10.5. The number of ether oxygens (including phenoxy) is 1. The number of hydrogen-bond acceptors (Lipinski definition) is 4. The zero-order valence-electron chi connectivity index (χ0n) is 20.1. The Balaban J connectivity index is 2.96. The van der Waals surface area contributed by atoms with E-state index in [0.29, 0.717) is 34.6 Å². The molecule has 0 radical (unpaired) electrons. The molecule has 1 rings (SSSR count). The molecule has 1 amide bonds. The highest BCUT2D eigenvalue weighted by Crippen LogP contribution is 2.42. The summed E-state index contributed by atoms with van der Waals surface area (Å²) in [5.74, 6) is 6.55. The van der Waals surface area contributed by atoms with E-state index < -0.39 is 20.0 Å². The molecule has 1 N–H and O–H groups in total. The van der Waals surface area contributed by atoms with Gasteiger partial charge < -0.3 is 9.16 Å². The summed E-state index contributed by atoms with van der Waals surface area (Å²) in [4.78, 5) is 16.2. The lowest BCUT2D eigenvalue weighted by atomic mass is 10.1. The maximum absolute atomic E-state index is 11.9. The van der Waals surface area contributed by atoms with Crippen molar-refractivity contribution in [3.8, 4) is 11.8 Å². The third-order valence-electron chi connectivity index (χ3n) is 5.12. The number of aromatic nitrogens is 1. The van der Waals surface area contributed by atoms with Crippen molar-refractivity contribution in [2.75, 3.05) is 11.9 Å². The first-order valence-corrected chi connectivity index (χ1v) is 13.0. The van der Waals surface area contributed by atoms with Gasteiger partial charge in [0.2, 0.25) is 8.32 Å². The summed E-state index contributed by atoms with van der Waals surface area (Å²) in [6.07, 6.45) is -0.574. The number of aryl methyl sites for hydroxylation is 1. The fourth-order valence-electron chi connectivity index (χ4n) is 4.04. The van der Waals surface area contributed by atoms with Crippen molar-refractivity contribution in [2.45, 2.75) is 91.5 Å². The van der Waals surface area contributed by atoms with Crippen molar-refractivity contribution in [2.24, 2.45) is 0 Å². The number of carbonyl (C=O) groups excluding carboxylic acids is 1. The molecule has 5 nitrogen and oxygen atoms in total. The van der Waals surface area contributed by atoms with Crippen LogP contribution in [-0.4, -0.2) is 31.6 Å². The second kappa shape index (κ2) is 10.7. The van der Waals surface area contributed by atoms with Crippen molar-refractivity contribution in [3.63, 3.8) is 0 Å². The average Bonchev–Trinajstić information content (AvgIpc) is 2.53. The number of nitrogens with zero attached hydrogens (tertiary/aromatic N) is 1. The fourth-order valence-corrected chi connectivity index (χ4v) is 9.65. The van der Waals surface area contributed by atoms with E-state index in [1.54, 1.807) is 26.8 Å². The van der Waals surface area contributed by atoms with E-state index in [9.17, 15) is 4.79 Å². The lowest BCUT2D eigenvalue weighted by Crippen LogP contribution is -2.47. The Hall–Kier alpha value is -1.55. The van der Waals surface area contributed by atoms with Gasteiger partial charge in [0.15, 0.2) is 0 Å². The zero-order chi connectivity index (χ0) is 23.3. The molecule has 1 aromatic rings. The van der Waals surface area contributed by atoms with Crippen molar-refractivity contribution in [1.29, 1.82) is 0 Å². The number of amides is 1. The Morgan fingerprint density at radius 1 is 1.17 bits per heavy atom. The Kier molecular flexibility index (Phi) is 9.41. The Morgan fingerprint density at radius 2 is 1.70 bits per heavy atom. The van der Waals surface area contributed by atoms with E-state index in [2.05, 4.69) is 63.7 Å². The second-order valence-corrected chi connectivity index (χ2v) is 15.3. The van der Waals surface area contributed by atoms with E-state index >= 15 is 0 Å². The van der Waals surface area contributed by atoms with Crippen LogP contribution in [0.25, 0.3) is 0 Å². The monoisotopic (exact) mass is 452 g/mol. The van der Waals surface area contributed by atoms with Gasteiger partial charge in [-0.05, 0) is 55.9 Å². The summed E-state index contributed by atoms with van der Waals surface area (Å²) in [5, 5.41) is 2.85. The van der Waals surface area contributed by atoms with Gasteiger partial charge in [0.05, 0.1) is 12.2 Å². The first kappa shape index (κ1) is 26.5. The quantitative estimate of drug-likeness (QED) is 0.288. The molecule has 0 aliphatic rings. The van der Waals surface area contributed by atoms with Crippen molar-refractivity contribution >= 4 is 31.8 Å². The predicted molar refractivity (Wildman–Crippen MR) is 128 cm³/mol. The van der Waals surface area contributed by atoms with Gasteiger partial charge in [-0.1, -0.05) is 65.0 Å². The molecular weight excluding hydrogens is 416 g/mol. The highest BCUT2D eigenvalue weighted by atomic mass is 35.5. The number of pyridine rings is 1. The highest BCUT2D eigenvalue weighted by molar-refractivity contribution is 6.77. The molecule has 0 spiro atoms.